The Bertz CT molecular complexity index is 263. The lowest BCUT2D eigenvalue weighted by atomic mass is 10.2. The molecule has 0 amide bonds. The van der Waals surface area contributed by atoms with Gasteiger partial charge in [-0.3, -0.25) is 0 Å². The molecule has 0 fully saturated rings. The van der Waals surface area contributed by atoms with Gasteiger partial charge in [-0.15, -0.1) is 0 Å². The Labute approximate surface area is 71.1 Å². The summed E-state index contributed by atoms with van der Waals surface area (Å²) in [7, 11) is 0. The number of hydrogen-bond acceptors (Lipinski definition) is 2. The van der Waals surface area contributed by atoms with Crippen molar-refractivity contribution >= 4 is 0 Å². The summed E-state index contributed by atoms with van der Waals surface area (Å²) in [5.74, 6) is 0.246. The van der Waals surface area contributed by atoms with Gasteiger partial charge in [0.15, 0.2) is 0 Å². The first-order chi connectivity index (χ1) is 5.77. The minimum absolute atomic E-state index is 0.220. The fraction of sp³-hybridized carbons (Fsp3) is 0.333. The minimum atomic E-state index is -0.302. The zero-order valence-electron chi connectivity index (χ0n) is 7.01. The molecule has 3 heteroatoms. The Morgan fingerprint density at radius 2 is 2.25 bits per heavy atom. The molecule has 0 radical (unpaired) electrons. The van der Waals surface area contributed by atoms with Crippen LogP contribution in [0.25, 0.3) is 0 Å². The van der Waals surface area contributed by atoms with Crippen molar-refractivity contribution in [1.29, 1.82) is 0 Å². The molecule has 1 aromatic carbocycles. The van der Waals surface area contributed by atoms with E-state index in [9.17, 15) is 4.39 Å². The molecule has 1 aromatic rings. The molecule has 12 heavy (non-hydrogen) atoms. The number of ether oxygens (including phenoxy) is 1. The first kappa shape index (κ1) is 9.00. The van der Waals surface area contributed by atoms with Crippen LogP contribution in [0.2, 0.25) is 0 Å². The number of benzene rings is 1. The molecule has 0 aliphatic rings. The molecule has 0 aromatic heterocycles. The van der Waals surface area contributed by atoms with Gasteiger partial charge < -0.3 is 10.5 Å². The van der Waals surface area contributed by atoms with Gasteiger partial charge in [0.2, 0.25) is 0 Å². The van der Waals surface area contributed by atoms with Crippen LogP contribution in [-0.2, 0) is 6.54 Å². The molecule has 2 N–H and O–H groups in total. The molecule has 0 saturated heterocycles. The van der Waals surface area contributed by atoms with E-state index in [-0.39, 0.29) is 12.4 Å². The van der Waals surface area contributed by atoms with Crippen LogP contribution in [0.3, 0.4) is 0 Å². The smallest absolute Gasteiger partial charge is 0.131 e. The third-order valence-corrected chi connectivity index (χ3v) is 1.56. The molecule has 0 unspecified atom stereocenters. The Balaban J connectivity index is 2.86. The Hall–Kier alpha value is -1.09. The number of nitrogens with two attached hydrogens (primary N) is 1. The summed E-state index contributed by atoms with van der Waals surface area (Å²) in [5, 5.41) is 0. The third kappa shape index (κ3) is 1.95. The van der Waals surface area contributed by atoms with Crippen LogP contribution in [0.15, 0.2) is 18.2 Å². The van der Waals surface area contributed by atoms with Gasteiger partial charge in [0.1, 0.15) is 11.6 Å². The highest BCUT2D eigenvalue weighted by atomic mass is 19.1. The molecule has 66 valence electrons. The van der Waals surface area contributed by atoms with Gasteiger partial charge >= 0.3 is 0 Å². The van der Waals surface area contributed by atoms with Crippen molar-refractivity contribution < 1.29 is 9.13 Å². The monoisotopic (exact) mass is 169 g/mol. The molecule has 0 bridgehead atoms. The van der Waals surface area contributed by atoms with Gasteiger partial charge in [0, 0.05) is 18.2 Å². The van der Waals surface area contributed by atoms with E-state index >= 15 is 0 Å². The molecule has 0 heterocycles. The quantitative estimate of drug-likeness (QED) is 0.747. The normalized spacial score (nSPS) is 9.92. The van der Waals surface area contributed by atoms with Gasteiger partial charge in [-0.1, -0.05) is 6.07 Å². The second-order valence-corrected chi connectivity index (χ2v) is 2.39. The highest BCUT2D eigenvalue weighted by Gasteiger charge is 2.01. The summed E-state index contributed by atoms with van der Waals surface area (Å²) < 4.78 is 18.1. The highest BCUT2D eigenvalue weighted by Crippen LogP contribution is 2.15. The van der Waals surface area contributed by atoms with Crippen molar-refractivity contribution in [2.24, 2.45) is 5.73 Å². The van der Waals surface area contributed by atoms with E-state index in [0.29, 0.717) is 17.9 Å². The fourth-order valence-electron chi connectivity index (χ4n) is 0.950. The first-order valence-corrected chi connectivity index (χ1v) is 3.89. The predicted octanol–water partition coefficient (Wildman–Crippen LogP) is 1.68. The van der Waals surface area contributed by atoms with E-state index in [1.165, 1.54) is 6.07 Å². The SMILES string of the molecule is CCOc1ccc(CN)c(F)c1. The van der Waals surface area contributed by atoms with Gasteiger partial charge in [0.25, 0.3) is 0 Å². The zero-order chi connectivity index (χ0) is 8.97. The second kappa shape index (κ2) is 4.07. The van der Waals surface area contributed by atoms with E-state index in [1.54, 1.807) is 12.1 Å². The number of rotatable bonds is 3. The summed E-state index contributed by atoms with van der Waals surface area (Å²) in [6, 6.07) is 4.71. The molecule has 1 rings (SSSR count). The zero-order valence-corrected chi connectivity index (χ0v) is 7.01. The summed E-state index contributed by atoms with van der Waals surface area (Å²) in [5.41, 5.74) is 5.81. The molecule has 0 aliphatic carbocycles. The molecule has 0 saturated carbocycles. The van der Waals surface area contributed by atoms with Gasteiger partial charge in [-0.05, 0) is 13.0 Å². The Kier molecular flexibility index (Phi) is 3.05. The van der Waals surface area contributed by atoms with Crippen molar-refractivity contribution in [3.63, 3.8) is 0 Å². The molecule has 2 nitrogen and oxygen atoms in total. The average Bonchev–Trinajstić information content (AvgIpc) is 2.05. The molecule has 0 atom stereocenters. The summed E-state index contributed by atoms with van der Waals surface area (Å²) in [6.45, 7) is 2.62. The molecule has 0 aliphatic heterocycles. The topological polar surface area (TPSA) is 35.2 Å². The highest BCUT2D eigenvalue weighted by molar-refractivity contribution is 5.28. The van der Waals surface area contributed by atoms with E-state index < -0.39 is 0 Å². The van der Waals surface area contributed by atoms with Crippen LogP contribution >= 0.6 is 0 Å². The minimum Gasteiger partial charge on any atom is -0.494 e. The van der Waals surface area contributed by atoms with E-state index in [4.69, 9.17) is 10.5 Å². The lowest BCUT2D eigenvalue weighted by Gasteiger charge is -2.04. The van der Waals surface area contributed by atoms with Crippen LogP contribution in [0, 0.1) is 5.82 Å². The Morgan fingerprint density at radius 3 is 2.75 bits per heavy atom. The maximum atomic E-state index is 13.0. The average molecular weight is 169 g/mol. The standard InChI is InChI=1S/C9H12FNO/c1-2-12-8-4-3-7(6-11)9(10)5-8/h3-5H,2,6,11H2,1H3. The fourth-order valence-corrected chi connectivity index (χ4v) is 0.950. The van der Waals surface area contributed by atoms with Crippen molar-refractivity contribution in [2.75, 3.05) is 6.61 Å². The van der Waals surface area contributed by atoms with E-state index in [0.717, 1.165) is 0 Å². The maximum absolute atomic E-state index is 13.0. The maximum Gasteiger partial charge on any atom is 0.131 e. The first-order valence-electron chi connectivity index (χ1n) is 3.89. The van der Waals surface area contributed by atoms with Crippen molar-refractivity contribution in [3.05, 3.63) is 29.6 Å². The van der Waals surface area contributed by atoms with Crippen LogP contribution in [0.1, 0.15) is 12.5 Å². The lowest BCUT2D eigenvalue weighted by Crippen LogP contribution is -2.00. The van der Waals surface area contributed by atoms with Crippen LogP contribution in [0.4, 0.5) is 4.39 Å². The third-order valence-electron chi connectivity index (χ3n) is 1.56. The van der Waals surface area contributed by atoms with Crippen molar-refractivity contribution in [1.82, 2.24) is 0 Å². The largest absolute Gasteiger partial charge is 0.494 e. The lowest BCUT2D eigenvalue weighted by molar-refractivity contribution is 0.338. The van der Waals surface area contributed by atoms with Crippen molar-refractivity contribution in [3.8, 4) is 5.75 Å². The summed E-state index contributed by atoms with van der Waals surface area (Å²) in [4.78, 5) is 0. The summed E-state index contributed by atoms with van der Waals surface area (Å²) >= 11 is 0. The number of halogens is 1. The molecular formula is C9H12FNO. The van der Waals surface area contributed by atoms with Gasteiger partial charge in [0.05, 0.1) is 6.61 Å². The van der Waals surface area contributed by atoms with Gasteiger partial charge in [-0.2, -0.15) is 0 Å². The van der Waals surface area contributed by atoms with Crippen LogP contribution in [-0.4, -0.2) is 6.61 Å². The molecule has 0 spiro atoms. The predicted molar refractivity (Wildman–Crippen MR) is 45.5 cm³/mol. The van der Waals surface area contributed by atoms with Crippen LogP contribution < -0.4 is 10.5 Å². The second-order valence-electron chi connectivity index (χ2n) is 2.39. The van der Waals surface area contributed by atoms with E-state index in [2.05, 4.69) is 0 Å². The molecular weight excluding hydrogens is 157 g/mol. The van der Waals surface area contributed by atoms with E-state index in [1.807, 2.05) is 6.92 Å². The van der Waals surface area contributed by atoms with Crippen molar-refractivity contribution in [2.45, 2.75) is 13.5 Å². The Morgan fingerprint density at radius 1 is 1.50 bits per heavy atom. The van der Waals surface area contributed by atoms with Gasteiger partial charge in [-0.25, -0.2) is 4.39 Å². The summed E-state index contributed by atoms with van der Waals surface area (Å²) in [6.07, 6.45) is 0. The number of hydrogen-bond donors (Lipinski definition) is 1. The van der Waals surface area contributed by atoms with Crippen LogP contribution in [0.5, 0.6) is 5.75 Å².